The third-order valence-electron chi connectivity index (χ3n) is 5.95. The minimum atomic E-state index is -0.826. The highest BCUT2D eigenvalue weighted by Crippen LogP contribution is 2.38. The molecule has 1 saturated heterocycles. The molecule has 1 fully saturated rings. The molecular weight excluding hydrogens is 572 g/mol. The summed E-state index contributed by atoms with van der Waals surface area (Å²) < 4.78 is 12.3. The number of hydrogen-bond acceptors (Lipinski definition) is 5. The zero-order valence-electron chi connectivity index (χ0n) is 20.0. The summed E-state index contributed by atoms with van der Waals surface area (Å²) in [6.45, 7) is 0.256. The fourth-order valence-electron chi connectivity index (χ4n) is 4.10. The molecule has 190 valence electrons. The van der Waals surface area contributed by atoms with Crippen LogP contribution in [0.15, 0.2) is 88.9 Å². The molecule has 4 aromatic rings. The molecule has 0 aliphatic carbocycles. The number of benzene rings is 4. The summed E-state index contributed by atoms with van der Waals surface area (Å²) in [6, 6.07) is 23.0. The number of methoxy groups -OCH3 is 1. The maximum absolute atomic E-state index is 13.2. The maximum atomic E-state index is 13.2. The number of nitrogens with one attached hydrogen (secondary N) is 1. The van der Waals surface area contributed by atoms with Gasteiger partial charge in [0.1, 0.15) is 12.2 Å². The van der Waals surface area contributed by atoms with E-state index in [4.69, 9.17) is 21.1 Å². The van der Waals surface area contributed by atoms with Crippen molar-refractivity contribution in [2.45, 2.75) is 6.61 Å². The predicted octanol–water partition coefficient (Wildman–Crippen LogP) is 6.51. The smallest absolute Gasteiger partial charge is 0.335 e. The molecule has 4 aromatic carbocycles. The second-order valence-electron chi connectivity index (χ2n) is 8.44. The van der Waals surface area contributed by atoms with Crippen LogP contribution in [0.1, 0.15) is 11.1 Å². The van der Waals surface area contributed by atoms with Gasteiger partial charge in [0, 0.05) is 4.47 Å². The van der Waals surface area contributed by atoms with Gasteiger partial charge >= 0.3 is 6.03 Å². The van der Waals surface area contributed by atoms with E-state index in [1.54, 1.807) is 36.4 Å². The molecule has 1 aliphatic heterocycles. The van der Waals surface area contributed by atoms with Crippen molar-refractivity contribution in [3.05, 3.63) is 105 Å². The third kappa shape index (κ3) is 5.14. The van der Waals surface area contributed by atoms with E-state index in [1.165, 1.54) is 13.2 Å². The Kier molecular flexibility index (Phi) is 7.18. The van der Waals surface area contributed by atoms with Gasteiger partial charge in [0.05, 0.1) is 17.8 Å². The maximum Gasteiger partial charge on any atom is 0.335 e. The highest BCUT2D eigenvalue weighted by molar-refractivity contribution is 9.10. The van der Waals surface area contributed by atoms with Crippen molar-refractivity contribution in [3.63, 3.8) is 0 Å². The van der Waals surface area contributed by atoms with E-state index in [0.717, 1.165) is 25.7 Å². The van der Waals surface area contributed by atoms with Crippen LogP contribution in [0.4, 0.5) is 10.5 Å². The van der Waals surface area contributed by atoms with Gasteiger partial charge in [-0.15, -0.1) is 0 Å². The average molecular weight is 592 g/mol. The number of rotatable bonds is 6. The Labute approximate surface area is 231 Å². The molecule has 7 nitrogen and oxygen atoms in total. The molecule has 4 amide bonds. The molecule has 0 atom stereocenters. The number of hydrogen-bond donors (Lipinski definition) is 1. The zero-order chi connectivity index (χ0) is 26.8. The van der Waals surface area contributed by atoms with Gasteiger partial charge in [-0.05, 0) is 70.4 Å². The number of amides is 4. The van der Waals surface area contributed by atoms with Crippen LogP contribution in [-0.2, 0) is 16.2 Å². The molecule has 0 spiro atoms. The second kappa shape index (κ2) is 10.7. The van der Waals surface area contributed by atoms with Crippen LogP contribution in [0, 0.1) is 0 Å². The number of fused-ring (bicyclic) bond motifs is 1. The summed E-state index contributed by atoms with van der Waals surface area (Å²) in [7, 11) is 1.47. The minimum absolute atomic E-state index is 0.226. The summed E-state index contributed by atoms with van der Waals surface area (Å²) in [5.74, 6) is -0.905. The first kappa shape index (κ1) is 25.5. The lowest BCUT2D eigenvalue weighted by Gasteiger charge is -2.26. The van der Waals surface area contributed by atoms with Gasteiger partial charge in [-0.25, -0.2) is 9.69 Å². The van der Waals surface area contributed by atoms with Crippen LogP contribution in [0.3, 0.4) is 0 Å². The van der Waals surface area contributed by atoms with Gasteiger partial charge in [0.25, 0.3) is 11.8 Å². The monoisotopic (exact) mass is 590 g/mol. The summed E-state index contributed by atoms with van der Waals surface area (Å²) >= 11 is 9.86. The zero-order valence-corrected chi connectivity index (χ0v) is 22.4. The lowest BCUT2D eigenvalue weighted by Crippen LogP contribution is -2.54. The number of barbiturate groups is 1. The molecule has 0 unspecified atom stereocenters. The number of imide groups is 2. The van der Waals surface area contributed by atoms with E-state index < -0.39 is 17.8 Å². The minimum Gasteiger partial charge on any atom is -0.493 e. The van der Waals surface area contributed by atoms with Crippen LogP contribution < -0.4 is 19.7 Å². The summed E-state index contributed by atoms with van der Waals surface area (Å²) in [5, 5.41) is 4.67. The molecule has 1 aliphatic rings. The van der Waals surface area contributed by atoms with Crippen molar-refractivity contribution < 1.29 is 23.9 Å². The summed E-state index contributed by atoms with van der Waals surface area (Å²) in [4.78, 5) is 39.1. The highest BCUT2D eigenvalue weighted by atomic mass is 79.9. The number of anilines is 1. The van der Waals surface area contributed by atoms with Crippen molar-refractivity contribution in [2.24, 2.45) is 0 Å². The van der Waals surface area contributed by atoms with Crippen molar-refractivity contribution in [1.29, 1.82) is 0 Å². The van der Waals surface area contributed by atoms with Crippen LogP contribution in [0.2, 0.25) is 5.02 Å². The molecule has 0 saturated carbocycles. The first-order valence-electron chi connectivity index (χ1n) is 11.5. The van der Waals surface area contributed by atoms with E-state index >= 15 is 0 Å². The van der Waals surface area contributed by atoms with E-state index in [-0.39, 0.29) is 17.2 Å². The quantitative estimate of drug-likeness (QED) is 0.204. The fraction of sp³-hybridized carbons (Fsp3) is 0.0690. The number of carbonyl (C=O) groups excluding carboxylic acids is 3. The van der Waals surface area contributed by atoms with Gasteiger partial charge in [0.2, 0.25) is 0 Å². The molecule has 38 heavy (non-hydrogen) atoms. The van der Waals surface area contributed by atoms with E-state index in [9.17, 15) is 14.4 Å². The predicted molar refractivity (Wildman–Crippen MR) is 149 cm³/mol. The Bertz CT molecular complexity index is 1620. The molecule has 0 aromatic heterocycles. The van der Waals surface area contributed by atoms with Gasteiger partial charge in [0.15, 0.2) is 11.5 Å². The van der Waals surface area contributed by atoms with E-state index in [0.29, 0.717) is 22.7 Å². The van der Waals surface area contributed by atoms with Crippen molar-refractivity contribution >= 4 is 67.9 Å². The number of halogens is 2. The molecule has 0 bridgehead atoms. The molecular formula is C29H20BrClN2O5. The topological polar surface area (TPSA) is 84.9 Å². The van der Waals surface area contributed by atoms with Crippen molar-refractivity contribution in [2.75, 3.05) is 12.0 Å². The normalized spacial score (nSPS) is 14.7. The Morgan fingerprint density at radius 3 is 2.42 bits per heavy atom. The number of urea groups is 1. The van der Waals surface area contributed by atoms with Crippen LogP contribution >= 0.6 is 27.5 Å². The SMILES string of the molecule is COc1cc(/C=C2\C(=O)NC(=O)N(c3ccc(Br)cc3)C2=O)cc(Cl)c1OCc1ccc2ccccc2c1. The lowest BCUT2D eigenvalue weighted by molar-refractivity contribution is -0.122. The third-order valence-corrected chi connectivity index (χ3v) is 6.76. The van der Waals surface area contributed by atoms with Crippen LogP contribution in [0.25, 0.3) is 16.8 Å². The van der Waals surface area contributed by atoms with Crippen molar-refractivity contribution in [3.8, 4) is 11.5 Å². The summed E-state index contributed by atoms with van der Waals surface area (Å²) in [5.41, 5.74) is 1.47. The highest BCUT2D eigenvalue weighted by Gasteiger charge is 2.36. The lowest BCUT2D eigenvalue weighted by atomic mass is 10.1. The van der Waals surface area contributed by atoms with E-state index in [2.05, 4.69) is 21.2 Å². The molecule has 5 rings (SSSR count). The summed E-state index contributed by atoms with van der Waals surface area (Å²) in [6.07, 6.45) is 1.36. The van der Waals surface area contributed by atoms with Gasteiger partial charge in [-0.3, -0.25) is 14.9 Å². The second-order valence-corrected chi connectivity index (χ2v) is 9.76. The first-order chi connectivity index (χ1) is 18.3. The largest absolute Gasteiger partial charge is 0.493 e. The number of ether oxygens (including phenoxy) is 2. The van der Waals surface area contributed by atoms with Gasteiger partial charge < -0.3 is 9.47 Å². The average Bonchev–Trinajstić information content (AvgIpc) is 2.91. The Hall–Kier alpha value is -4.14. The van der Waals surface area contributed by atoms with Crippen molar-refractivity contribution in [1.82, 2.24) is 5.32 Å². The fourth-order valence-corrected chi connectivity index (χ4v) is 4.63. The van der Waals surface area contributed by atoms with E-state index in [1.807, 2.05) is 42.5 Å². The van der Waals surface area contributed by atoms with Crippen LogP contribution in [0.5, 0.6) is 11.5 Å². The van der Waals surface area contributed by atoms with Crippen LogP contribution in [-0.4, -0.2) is 25.0 Å². The number of carbonyl (C=O) groups is 3. The first-order valence-corrected chi connectivity index (χ1v) is 12.7. The molecule has 0 radical (unpaired) electrons. The standard InChI is InChI=1S/C29H20BrClN2O5/c1-37-25-15-18(13-23-27(34)32-29(36)33(28(23)35)22-10-8-21(30)9-11-22)14-24(31)26(25)38-16-17-6-7-19-4-2-3-5-20(19)12-17/h2-15H,16H2,1H3,(H,32,34,36)/b23-13+. The van der Waals surface area contributed by atoms with Gasteiger partial charge in [-0.1, -0.05) is 63.9 Å². The Morgan fingerprint density at radius 2 is 1.68 bits per heavy atom. The Morgan fingerprint density at radius 1 is 0.947 bits per heavy atom. The molecule has 1 N–H and O–H groups in total. The number of nitrogens with zero attached hydrogens (tertiary/aromatic N) is 1. The molecule has 1 heterocycles. The Balaban J connectivity index is 1.42. The van der Waals surface area contributed by atoms with Gasteiger partial charge in [-0.2, -0.15) is 0 Å². The molecule has 9 heteroatoms.